The molecule has 5 nitrogen and oxygen atoms in total. The molecule has 21 heavy (non-hydrogen) atoms. The first-order valence-corrected chi connectivity index (χ1v) is 7.42. The number of anilines is 1. The highest BCUT2D eigenvalue weighted by molar-refractivity contribution is 5.87. The van der Waals surface area contributed by atoms with E-state index in [1.165, 1.54) is 5.56 Å². The molecule has 1 aromatic carbocycles. The Labute approximate surface area is 125 Å². The van der Waals surface area contributed by atoms with E-state index in [4.69, 9.17) is 0 Å². The molecular formula is C16H23N3O2. The van der Waals surface area contributed by atoms with Gasteiger partial charge in [-0.2, -0.15) is 0 Å². The minimum atomic E-state index is -0.163. The molecule has 1 heterocycles. The third-order valence-electron chi connectivity index (χ3n) is 3.94. The Bertz CT molecular complexity index is 522. The van der Waals surface area contributed by atoms with Crippen LogP contribution in [0.5, 0.6) is 0 Å². The van der Waals surface area contributed by atoms with Gasteiger partial charge in [0, 0.05) is 18.8 Å². The van der Waals surface area contributed by atoms with Crippen molar-refractivity contribution in [2.45, 2.75) is 26.7 Å². The number of nitrogens with zero attached hydrogens (tertiary/aromatic N) is 1. The number of likely N-dealkylation sites (tertiary alicyclic amines) is 1. The number of hydrogen-bond donors (Lipinski definition) is 2. The first kappa shape index (κ1) is 15.4. The van der Waals surface area contributed by atoms with Crippen LogP contribution in [0.4, 0.5) is 5.69 Å². The van der Waals surface area contributed by atoms with Gasteiger partial charge in [0.2, 0.25) is 11.8 Å². The lowest BCUT2D eigenvalue weighted by atomic mass is 10.1. The standard InChI is InChI=1S/C16H23N3O2/c1-12-6-5-7-14(13(12)2)17-10-15(20)18-11-16(21)19-8-3-4-9-19/h5-7,17H,3-4,8-11H2,1-2H3,(H,18,20). The molecule has 2 rings (SSSR count). The zero-order chi connectivity index (χ0) is 15.2. The van der Waals surface area contributed by atoms with Crippen molar-refractivity contribution in [1.82, 2.24) is 10.2 Å². The predicted molar refractivity (Wildman–Crippen MR) is 83.2 cm³/mol. The number of rotatable bonds is 5. The van der Waals surface area contributed by atoms with Crippen molar-refractivity contribution in [2.24, 2.45) is 0 Å². The molecule has 5 heteroatoms. The molecule has 1 aliphatic heterocycles. The molecule has 1 fully saturated rings. The number of aryl methyl sites for hydroxylation is 1. The maximum Gasteiger partial charge on any atom is 0.241 e. The van der Waals surface area contributed by atoms with Crippen LogP contribution < -0.4 is 10.6 Å². The van der Waals surface area contributed by atoms with Gasteiger partial charge in [-0.3, -0.25) is 9.59 Å². The van der Waals surface area contributed by atoms with E-state index in [0.717, 1.165) is 37.2 Å². The van der Waals surface area contributed by atoms with E-state index in [9.17, 15) is 9.59 Å². The summed E-state index contributed by atoms with van der Waals surface area (Å²) in [6.45, 7) is 5.96. The summed E-state index contributed by atoms with van der Waals surface area (Å²) in [7, 11) is 0. The average Bonchev–Trinajstić information content (AvgIpc) is 3.00. The highest BCUT2D eigenvalue weighted by atomic mass is 16.2. The van der Waals surface area contributed by atoms with Crippen LogP contribution in [0.1, 0.15) is 24.0 Å². The van der Waals surface area contributed by atoms with Gasteiger partial charge in [0.25, 0.3) is 0 Å². The van der Waals surface area contributed by atoms with E-state index in [0.29, 0.717) is 0 Å². The Hall–Kier alpha value is -2.04. The van der Waals surface area contributed by atoms with Gasteiger partial charge in [-0.15, -0.1) is 0 Å². The summed E-state index contributed by atoms with van der Waals surface area (Å²) in [6.07, 6.45) is 2.13. The van der Waals surface area contributed by atoms with E-state index in [1.807, 2.05) is 32.0 Å². The van der Waals surface area contributed by atoms with Crippen LogP contribution in [0.25, 0.3) is 0 Å². The maximum absolute atomic E-state index is 11.8. The van der Waals surface area contributed by atoms with Crippen molar-refractivity contribution >= 4 is 17.5 Å². The molecule has 0 aliphatic carbocycles. The summed E-state index contributed by atoms with van der Waals surface area (Å²) in [5, 5.41) is 5.78. The molecule has 0 unspecified atom stereocenters. The Kier molecular flexibility index (Phi) is 5.20. The zero-order valence-corrected chi connectivity index (χ0v) is 12.7. The van der Waals surface area contributed by atoms with Gasteiger partial charge in [-0.25, -0.2) is 0 Å². The van der Waals surface area contributed by atoms with Crippen LogP contribution in [-0.4, -0.2) is 42.9 Å². The SMILES string of the molecule is Cc1cccc(NCC(=O)NCC(=O)N2CCCC2)c1C. The van der Waals surface area contributed by atoms with E-state index < -0.39 is 0 Å². The second-order valence-corrected chi connectivity index (χ2v) is 5.47. The first-order chi connectivity index (χ1) is 10.1. The molecule has 0 radical (unpaired) electrons. The molecule has 1 aromatic rings. The minimum Gasteiger partial charge on any atom is -0.376 e. The van der Waals surface area contributed by atoms with Gasteiger partial charge >= 0.3 is 0 Å². The van der Waals surface area contributed by atoms with Gasteiger partial charge in [0.15, 0.2) is 0 Å². The van der Waals surface area contributed by atoms with E-state index >= 15 is 0 Å². The largest absolute Gasteiger partial charge is 0.376 e. The molecule has 0 saturated carbocycles. The Balaban J connectivity index is 1.74. The van der Waals surface area contributed by atoms with E-state index in [2.05, 4.69) is 10.6 Å². The second-order valence-electron chi connectivity index (χ2n) is 5.47. The smallest absolute Gasteiger partial charge is 0.241 e. The van der Waals surface area contributed by atoms with Gasteiger partial charge in [-0.05, 0) is 43.9 Å². The van der Waals surface area contributed by atoms with E-state index in [-0.39, 0.29) is 24.9 Å². The number of carbonyl (C=O) groups is 2. The highest BCUT2D eigenvalue weighted by Crippen LogP contribution is 2.17. The first-order valence-electron chi connectivity index (χ1n) is 7.42. The van der Waals surface area contributed by atoms with Crippen molar-refractivity contribution in [3.8, 4) is 0 Å². The molecule has 114 valence electrons. The summed E-state index contributed by atoms with van der Waals surface area (Å²) in [6, 6.07) is 5.94. The lowest BCUT2D eigenvalue weighted by Crippen LogP contribution is -2.40. The normalized spacial score (nSPS) is 14.1. The van der Waals surface area contributed by atoms with Crippen LogP contribution in [0.3, 0.4) is 0 Å². The van der Waals surface area contributed by atoms with Gasteiger partial charge < -0.3 is 15.5 Å². The number of amides is 2. The number of carbonyl (C=O) groups excluding carboxylic acids is 2. The summed E-state index contributed by atoms with van der Waals surface area (Å²) in [4.78, 5) is 25.4. The fourth-order valence-electron chi connectivity index (χ4n) is 2.43. The molecule has 2 N–H and O–H groups in total. The molecule has 2 amide bonds. The van der Waals surface area contributed by atoms with Gasteiger partial charge in [0.05, 0.1) is 13.1 Å². The fourth-order valence-corrected chi connectivity index (χ4v) is 2.43. The van der Waals surface area contributed by atoms with Crippen LogP contribution >= 0.6 is 0 Å². The van der Waals surface area contributed by atoms with Crippen LogP contribution in [0.2, 0.25) is 0 Å². The van der Waals surface area contributed by atoms with Crippen molar-refractivity contribution in [2.75, 3.05) is 31.5 Å². The third kappa shape index (κ3) is 4.21. The quantitative estimate of drug-likeness (QED) is 0.862. The zero-order valence-electron chi connectivity index (χ0n) is 12.7. The summed E-state index contributed by atoms with van der Waals surface area (Å²) in [5.41, 5.74) is 3.28. The predicted octanol–water partition coefficient (Wildman–Crippen LogP) is 1.45. The van der Waals surface area contributed by atoms with Crippen LogP contribution in [-0.2, 0) is 9.59 Å². The number of hydrogen-bond acceptors (Lipinski definition) is 3. The Morgan fingerprint density at radius 2 is 1.86 bits per heavy atom. The lowest BCUT2D eigenvalue weighted by molar-refractivity contribution is -0.131. The average molecular weight is 289 g/mol. The van der Waals surface area contributed by atoms with Crippen molar-refractivity contribution in [3.05, 3.63) is 29.3 Å². The van der Waals surface area contributed by atoms with Crippen molar-refractivity contribution in [3.63, 3.8) is 0 Å². The molecule has 0 spiro atoms. The highest BCUT2D eigenvalue weighted by Gasteiger charge is 2.17. The lowest BCUT2D eigenvalue weighted by Gasteiger charge is -2.16. The summed E-state index contributed by atoms with van der Waals surface area (Å²) >= 11 is 0. The monoisotopic (exact) mass is 289 g/mol. The summed E-state index contributed by atoms with van der Waals surface area (Å²) in [5.74, 6) is -0.156. The molecule has 1 aliphatic rings. The van der Waals surface area contributed by atoms with Gasteiger partial charge in [-0.1, -0.05) is 12.1 Å². The van der Waals surface area contributed by atoms with Crippen LogP contribution in [0.15, 0.2) is 18.2 Å². The van der Waals surface area contributed by atoms with Crippen molar-refractivity contribution in [1.29, 1.82) is 0 Å². The topological polar surface area (TPSA) is 61.4 Å². The molecule has 1 saturated heterocycles. The Morgan fingerprint density at radius 3 is 2.57 bits per heavy atom. The summed E-state index contributed by atoms with van der Waals surface area (Å²) < 4.78 is 0. The maximum atomic E-state index is 11.8. The molecule has 0 atom stereocenters. The van der Waals surface area contributed by atoms with Crippen LogP contribution in [0, 0.1) is 13.8 Å². The fraction of sp³-hybridized carbons (Fsp3) is 0.500. The number of nitrogens with one attached hydrogen (secondary N) is 2. The molecular weight excluding hydrogens is 266 g/mol. The molecule has 0 aromatic heterocycles. The minimum absolute atomic E-state index is 0.00702. The van der Waals surface area contributed by atoms with Gasteiger partial charge in [0.1, 0.15) is 0 Å². The number of benzene rings is 1. The van der Waals surface area contributed by atoms with E-state index in [1.54, 1.807) is 4.90 Å². The third-order valence-corrected chi connectivity index (χ3v) is 3.94. The van der Waals surface area contributed by atoms with Crippen molar-refractivity contribution < 1.29 is 9.59 Å². The second kappa shape index (κ2) is 7.11. The Morgan fingerprint density at radius 1 is 1.14 bits per heavy atom. The molecule has 0 bridgehead atoms.